The van der Waals surface area contributed by atoms with E-state index in [2.05, 4.69) is 10.1 Å². The number of benzene rings is 1. The normalized spacial score (nSPS) is 11.6. The standard InChI is InChI=1S/C8H8N4O3S/c9-16(14,15)7-3-1-6(2-4-7)12-8(13)10-5-11-12/h1-5H,(H2,9,14,15)(H,10,11,13). The first-order chi connectivity index (χ1) is 7.48. The van der Waals surface area contributed by atoms with Gasteiger partial charge in [-0.2, -0.15) is 9.78 Å². The highest BCUT2D eigenvalue weighted by Crippen LogP contribution is 2.09. The summed E-state index contributed by atoms with van der Waals surface area (Å²) in [6, 6.07) is 5.52. The Balaban J connectivity index is 2.49. The average molecular weight is 240 g/mol. The molecule has 1 aromatic heterocycles. The molecule has 0 saturated carbocycles. The van der Waals surface area contributed by atoms with Crippen LogP contribution >= 0.6 is 0 Å². The number of hydrogen-bond donors (Lipinski definition) is 2. The maximum Gasteiger partial charge on any atom is 0.347 e. The smallest absolute Gasteiger partial charge is 0.295 e. The van der Waals surface area contributed by atoms with Gasteiger partial charge in [-0.05, 0) is 24.3 Å². The van der Waals surface area contributed by atoms with Crippen LogP contribution in [0.15, 0.2) is 40.3 Å². The number of aromatic nitrogens is 3. The second kappa shape index (κ2) is 3.58. The molecule has 0 spiro atoms. The molecule has 1 aromatic carbocycles. The van der Waals surface area contributed by atoms with E-state index in [1.54, 1.807) is 0 Å². The first-order valence-electron chi connectivity index (χ1n) is 4.24. The Morgan fingerprint density at radius 2 is 1.88 bits per heavy atom. The van der Waals surface area contributed by atoms with Crippen molar-refractivity contribution in [2.45, 2.75) is 4.90 Å². The van der Waals surface area contributed by atoms with Crippen LogP contribution in [0.25, 0.3) is 5.69 Å². The Kier molecular flexibility index (Phi) is 2.37. The van der Waals surface area contributed by atoms with Gasteiger partial charge in [0.15, 0.2) is 0 Å². The number of nitrogens with two attached hydrogens (primary N) is 1. The highest BCUT2D eigenvalue weighted by atomic mass is 32.2. The lowest BCUT2D eigenvalue weighted by atomic mass is 10.3. The zero-order valence-corrected chi connectivity index (χ0v) is 8.81. The molecule has 0 fully saturated rings. The van der Waals surface area contributed by atoms with Crippen LogP contribution in [-0.2, 0) is 10.0 Å². The highest BCUT2D eigenvalue weighted by Gasteiger charge is 2.08. The molecule has 16 heavy (non-hydrogen) atoms. The van der Waals surface area contributed by atoms with Gasteiger partial charge in [0, 0.05) is 0 Å². The summed E-state index contributed by atoms with van der Waals surface area (Å²) in [6.45, 7) is 0. The van der Waals surface area contributed by atoms with Gasteiger partial charge in [-0.3, -0.25) is 4.98 Å². The van der Waals surface area contributed by atoms with Crippen molar-refractivity contribution in [1.82, 2.24) is 14.8 Å². The predicted octanol–water partition coefficient (Wildman–Crippen LogP) is -0.792. The lowest BCUT2D eigenvalue weighted by Crippen LogP contribution is -2.16. The summed E-state index contributed by atoms with van der Waals surface area (Å²) in [5, 5.41) is 8.68. The minimum atomic E-state index is -3.71. The zero-order valence-electron chi connectivity index (χ0n) is 7.99. The van der Waals surface area contributed by atoms with E-state index >= 15 is 0 Å². The number of hydrogen-bond acceptors (Lipinski definition) is 4. The van der Waals surface area contributed by atoms with Crippen LogP contribution in [0.1, 0.15) is 0 Å². The molecule has 8 heteroatoms. The van der Waals surface area contributed by atoms with Gasteiger partial charge in [0.25, 0.3) is 0 Å². The van der Waals surface area contributed by atoms with Gasteiger partial charge in [-0.15, -0.1) is 0 Å². The number of H-pyrrole nitrogens is 1. The van der Waals surface area contributed by atoms with Gasteiger partial charge >= 0.3 is 5.69 Å². The Morgan fingerprint density at radius 3 is 2.31 bits per heavy atom. The van der Waals surface area contributed by atoms with E-state index in [9.17, 15) is 13.2 Å². The first-order valence-corrected chi connectivity index (χ1v) is 5.79. The number of primary sulfonamides is 1. The van der Waals surface area contributed by atoms with Crippen LogP contribution in [-0.4, -0.2) is 23.2 Å². The molecule has 0 unspecified atom stereocenters. The summed E-state index contributed by atoms with van der Waals surface area (Å²) >= 11 is 0. The van der Waals surface area contributed by atoms with Gasteiger partial charge in [0.2, 0.25) is 10.0 Å². The molecule has 2 aromatic rings. The van der Waals surface area contributed by atoms with Crippen LogP contribution in [0.4, 0.5) is 0 Å². The molecule has 0 amide bonds. The fourth-order valence-corrected chi connectivity index (χ4v) is 1.73. The number of rotatable bonds is 2. The van der Waals surface area contributed by atoms with Gasteiger partial charge < -0.3 is 0 Å². The Morgan fingerprint density at radius 1 is 1.25 bits per heavy atom. The summed E-state index contributed by atoms with van der Waals surface area (Å²) in [5.74, 6) is 0. The first kappa shape index (κ1) is 10.6. The van der Waals surface area contributed by atoms with Crippen molar-refractivity contribution in [3.8, 4) is 5.69 Å². The average Bonchev–Trinajstić information content (AvgIpc) is 2.63. The Hall–Kier alpha value is -1.93. The third-order valence-corrected chi connectivity index (χ3v) is 2.89. The molecule has 0 aliphatic carbocycles. The summed E-state index contributed by atoms with van der Waals surface area (Å²) in [5.41, 5.74) is 0.0574. The maximum absolute atomic E-state index is 11.2. The molecule has 0 saturated heterocycles. The second-order valence-electron chi connectivity index (χ2n) is 3.04. The van der Waals surface area contributed by atoms with E-state index in [1.165, 1.54) is 30.6 Å². The van der Waals surface area contributed by atoms with Crippen molar-refractivity contribution in [1.29, 1.82) is 0 Å². The van der Waals surface area contributed by atoms with Crippen LogP contribution in [0.5, 0.6) is 0 Å². The van der Waals surface area contributed by atoms with E-state index in [4.69, 9.17) is 5.14 Å². The molecule has 0 atom stereocenters. The maximum atomic E-state index is 11.2. The summed E-state index contributed by atoms with van der Waals surface area (Å²) < 4.78 is 23.1. The van der Waals surface area contributed by atoms with E-state index in [0.29, 0.717) is 5.69 Å². The molecule has 2 rings (SSSR count). The van der Waals surface area contributed by atoms with Crippen molar-refractivity contribution in [2.24, 2.45) is 5.14 Å². The lowest BCUT2D eigenvalue weighted by Gasteiger charge is -2.00. The van der Waals surface area contributed by atoms with Crippen LogP contribution in [0.2, 0.25) is 0 Å². The van der Waals surface area contributed by atoms with Crippen molar-refractivity contribution in [2.75, 3.05) is 0 Å². The summed E-state index contributed by atoms with van der Waals surface area (Å²) in [7, 11) is -3.71. The van der Waals surface area contributed by atoms with Crippen LogP contribution < -0.4 is 10.8 Å². The van der Waals surface area contributed by atoms with Crippen molar-refractivity contribution < 1.29 is 8.42 Å². The lowest BCUT2D eigenvalue weighted by molar-refractivity contribution is 0.598. The molecular formula is C8H8N4O3S. The molecule has 0 aliphatic heterocycles. The monoisotopic (exact) mass is 240 g/mol. The third-order valence-electron chi connectivity index (χ3n) is 1.96. The molecule has 7 nitrogen and oxygen atoms in total. The Bertz CT molecular complexity index is 653. The van der Waals surface area contributed by atoms with Gasteiger partial charge in [-0.25, -0.2) is 18.4 Å². The van der Waals surface area contributed by atoms with E-state index in [-0.39, 0.29) is 4.90 Å². The number of nitrogens with zero attached hydrogens (tertiary/aromatic N) is 2. The predicted molar refractivity (Wildman–Crippen MR) is 55.6 cm³/mol. The molecule has 84 valence electrons. The number of nitrogens with one attached hydrogen (secondary N) is 1. The largest absolute Gasteiger partial charge is 0.347 e. The molecule has 0 bridgehead atoms. The fraction of sp³-hybridized carbons (Fsp3) is 0. The molecule has 1 heterocycles. The SMILES string of the molecule is NS(=O)(=O)c1ccc(-n2nc[nH]c2=O)cc1. The minimum Gasteiger partial charge on any atom is -0.295 e. The van der Waals surface area contributed by atoms with E-state index < -0.39 is 15.7 Å². The topological polar surface area (TPSA) is 111 Å². The fourth-order valence-electron chi connectivity index (χ4n) is 1.22. The third kappa shape index (κ3) is 1.88. The second-order valence-corrected chi connectivity index (χ2v) is 4.61. The molecule has 0 aliphatic rings. The molecular weight excluding hydrogens is 232 g/mol. The van der Waals surface area contributed by atoms with Crippen molar-refractivity contribution in [3.63, 3.8) is 0 Å². The molecule has 3 N–H and O–H groups in total. The quantitative estimate of drug-likeness (QED) is 0.716. The number of aromatic amines is 1. The summed E-state index contributed by atoms with van der Waals surface area (Å²) in [6.07, 6.45) is 1.25. The Labute approximate surface area is 90.6 Å². The van der Waals surface area contributed by atoms with Crippen LogP contribution in [0, 0.1) is 0 Å². The van der Waals surface area contributed by atoms with Crippen LogP contribution in [0.3, 0.4) is 0 Å². The minimum absolute atomic E-state index is 0.0140. The van der Waals surface area contributed by atoms with Gasteiger partial charge in [-0.1, -0.05) is 0 Å². The zero-order chi connectivity index (χ0) is 11.8. The van der Waals surface area contributed by atoms with E-state index in [1.807, 2.05) is 0 Å². The van der Waals surface area contributed by atoms with E-state index in [0.717, 1.165) is 4.68 Å². The molecule has 0 radical (unpaired) electrons. The van der Waals surface area contributed by atoms with Gasteiger partial charge in [0.05, 0.1) is 10.6 Å². The summed E-state index contributed by atoms with van der Waals surface area (Å²) in [4.78, 5) is 13.6. The van der Waals surface area contributed by atoms with Crippen molar-refractivity contribution in [3.05, 3.63) is 41.1 Å². The van der Waals surface area contributed by atoms with Crippen molar-refractivity contribution >= 4 is 10.0 Å². The number of sulfonamides is 1. The van der Waals surface area contributed by atoms with Gasteiger partial charge in [0.1, 0.15) is 6.33 Å². The highest BCUT2D eigenvalue weighted by molar-refractivity contribution is 7.89.